The Kier molecular flexibility index (Phi) is 5.52. The van der Waals surface area contributed by atoms with Crippen LogP contribution in [0.15, 0.2) is 59.3 Å². The van der Waals surface area contributed by atoms with Crippen LogP contribution in [0.1, 0.15) is 24.6 Å². The van der Waals surface area contributed by atoms with Crippen molar-refractivity contribution in [2.24, 2.45) is 0 Å². The van der Waals surface area contributed by atoms with E-state index in [9.17, 15) is 17.6 Å². The minimum atomic E-state index is -1.49. The molecule has 0 spiro atoms. The van der Waals surface area contributed by atoms with Crippen molar-refractivity contribution in [1.29, 1.82) is 0 Å². The van der Waals surface area contributed by atoms with Crippen molar-refractivity contribution in [1.82, 2.24) is 15.0 Å². The molecule has 1 aliphatic rings. The molecule has 5 aromatic rings. The highest BCUT2D eigenvalue weighted by Gasteiger charge is 2.37. The number of fused-ring (bicyclic) bond motifs is 2. The Morgan fingerprint density at radius 3 is 2.73 bits per heavy atom. The SMILES string of the molecule is C[C@]1(c2cnc(-c3cc(Oc4c(F)c(F)c5[nH]ccc5c4F)ccc3F)[nH]2)CCOc2c(Br)cccc21. The summed E-state index contributed by atoms with van der Waals surface area (Å²) in [7, 11) is 0. The van der Waals surface area contributed by atoms with E-state index >= 15 is 0 Å². The maximum absolute atomic E-state index is 14.9. The van der Waals surface area contributed by atoms with Crippen LogP contribution in [0, 0.1) is 23.3 Å². The van der Waals surface area contributed by atoms with Gasteiger partial charge in [-0.25, -0.2) is 18.2 Å². The lowest BCUT2D eigenvalue weighted by atomic mass is 9.75. The van der Waals surface area contributed by atoms with Gasteiger partial charge in [-0.3, -0.25) is 0 Å². The van der Waals surface area contributed by atoms with E-state index < -0.39 is 34.4 Å². The van der Waals surface area contributed by atoms with Gasteiger partial charge in [0.1, 0.15) is 23.1 Å². The number of hydrogen-bond acceptors (Lipinski definition) is 3. The van der Waals surface area contributed by atoms with Gasteiger partial charge in [0.2, 0.25) is 11.6 Å². The molecule has 188 valence electrons. The molecule has 0 radical (unpaired) electrons. The van der Waals surface area contributed by atoms with Crippen LogP contribution in [0.5, 0.6) is 17.2 Å². The van der Waals surface area contributed by atoms with E-state index in [0.717, 1.165) is 27.5 Å². The van der Waals surface area contributed by atoms with Crippen molar-refractivity contribution < 1.29 is 27.0 Å². The largest absolute Gasteiger partial charge is 0.492 e. The van der Waals surface area contributed by atoms with Crippen molar-refractivity contribution in [2.75, 3.05) is 6.61 Å². The fraction of sp³-hybridized carbons (Fsp3) is 0.148. The molecule has 10 heteroatoms. The summed E-state index contributed by atoms with van der Waals surface area (Å²) in [6, 6.07) is 10.6. The maximum Gasteiger partial charge on any atom is 0.206 e. The lowest BCUT2D eigenvalue weighted by Crippen LogP contribution is -2.31. The number of imidazole rings is 1. The molecular formula is C27H18BrF4N3O2. The Balaban J connectivity index is 1.38. The van der Waals surface area contributed by atoms with Crippen LogP contribution < -0.4 is 9.47 Å². The second-order valence-electron chi connectivity index (χ2n) is 8.97. The van der Waals surface area contributed by atoms with Crippen LogP contribution in [0.25, 0.3) is 22.3 Å². The first-order valence-electron chi connectivity index (χ1n) is 11.4. The van der Waals surface area contributed by atoms with E-state index in [-0.39, 0.29) is 28.0 Å². The van der Waals surface area contributed by atoms with Crippen molar-refractivity contribution in [3.63, 3.8) is 0 Å². The van der Waals surface area contributed by atoms with Crippen molar-refractivity contribution in [3.05, 3.63) is 93.9 Å². The van der Waals surface area contributed by atoms with Gasteiger partial charge in [0.25, 0.3) is 0 Å². The lowest BCUT2D eigenvalue weighted by Gasteiger charge is -2.35. The Bertz CT molecular complexity index is 1680. The molecule has 0 aliphatic carbocycles. The lowest BCUT2D eigenvalue weighted by molar-refractivity contribution is 0.240. The molecule has 0 saturated carbocycles. The Labute approximate surface area is 216 Å². The minimum absolute atomic E-state index is 0.0258. The zero-order valence-corrected chi connectivity index (χ0v) is 20.8. The van der Waals surface area contributed by atoms with Gasteiger partial charge < -0.3 is 19.4 Å². The topological polar surface area (TPSA) is 62.9 Å². The van der Waals surface area contributed by atoms with Crippen LogP contribution >= 0.6 is 15.9 Å². The first-order valence-corrected chi connectivity index (χ1v) is 12.2. The zero-order chi connectivity index (χ0) is 25.9. The van der Waals surface area contributed by atoms with E-state index in [1.54, 1.807) is 6.20 Å². The monoisotopic (exact) mass is 571 g/mol. The van der Waals surface area contributed by atoms with Gasteiger partial charge in [0.15, 0.2) is 11.6 Å². The number of rotatable bonds is 4. The molecule has 0 saturated heterocycles. The van der Waals surface area contributed by atoms with Crippen LogP contribution in [-0.4, -0.2) is 21.6 Å². The summed E-state index contributed by atoms with van der Waals surface area (Å²) in [6.07, 6.45) is 3.59. The van der Waals surface area contributed by atoms with Gasteiger partial charge in [-0.2, -0.15) is 4.39 Å². The third kappa shape index (κ3) is 3.69. The molecule has 0 amide bonds. The Hall–Kier alpha value is -3.79. The Morgan fingerprint density at radius 2 is 1.89 bits per heavy atom. The Morgan fingerprint density at radius 1 is 1.05 bits per heavy atom. The summed E-state index contributed by atoms with van der Waals surface area (Å²) < 4.78 is 70.8. The number of aromatic amines is 2. The molecule has 2 N–H and O–H groups in total. The summed E-state index contributed by atoms with van der Waals surface area (Å²) in [4.78, 5) is 10.0. The quantitative estimate of drug-likeness (QED) is 0.171. The molecule has 5 nitrogen and oxygen atoms in total. The molecule has 2 aromatic heterocycles. The van der Waals surface area contributed by atoms with Gasteiger partial charge in [-0.05, 0) is 59.6 Å². The predicted molar refractivity (Wildman–Crippen MR) is 133 cm³/mol. The third-order valence-electron chi connectivity index (χ3n) is 6.79. The number of halogens is 5. The van der Waals surface area contributed by atoms with E-state index in [2.05, 4.69) is 30.9 Å². The molecule has 0 bridgehead atoms. The fourth-order valence-electron chi connectivity index (χ4n) is 4.72. The second kappa shape index (κ2) is 8.65. The van der Waals surface area contributed by atoms with Crippen LogP contribution in [-0.2, 0) is 5.41 Å². The molecule has 37 heavy (non-hydrogen) atoms. The fourth-order valence-corrected chi connectivity index (χ4v) is 5.20. The summed E-state index contributed by atoms with van der Waals surface area (Å²) in [5.41, 5.74) is 0.934. The number of aromatic nitrogens is 3. The average molecular weight is 572 g/mol. The standard InChI is InChI=1S/C27H18BrF4N3O2/c1-27(8-10-36-24-16(27)3-2-4-17(24)28)19-12-34-26(35-19)15-11-13(5-6-18(15)29)37-25-20(30)14-7-9-33-23(14)21(31)22(25)32/h2-7,9,11-12,33H,8,10H2,1H3,(H,34,35)/t27-/m0/s1. The third-order valence-corrected chi connectivity index (χ3v) is 7.41. The average Bonchev–Trinajstić information content (AvgIpc) is 3.58. The molecule has 1 aliphatic heterocycles. The molecule has 1 atom stereocenters. The number of para-hydroxylation sites is 1. The second-order valence-corrected chi connectivity index (χ2v) is 9.83. The minimum Gasteiger partial charge on any atom is -0.492 e. The highest BCUT2D eigenvalue weighted by Crippen LogP contribution is 2.46. The highest BCUT2D eigenvalue weighted by atomic mass is 79.9. The van der Waals surface area contributed by atoms with E-state index in [1.807, 2.05) is 25.1 Å². The number of nitrogens with one attached hydrogen (secondary N) is 2. The highest BCUT2D eigenvalue weighted by molar-refractivity contribution is 9.10. The molecule has 6 rings (SSSR count). The van der Waals surface area contributed by atoms with Crippen molar-refractivity contribution >= 4 is 26.8 Å². The smallest absolute Gasteiger partial charge is 0.206 e. The van der Waals surface area contributed by atoms with Crippen molar-refractivity contribution in [2.45, 2.75) is 18.8 Å². The van der Waals surface area contributed by atoms with E-state index in [4.69, 9.17) is 9.47 Å². The van der Waals surface area contributed by atoms with E-state index in [1.165, 1.54) is 24.4 Å². The first-order chi connectivity index (χ1) is 17.8. The van der Waals surface area contributed by atoms with Crippen LogP contribution in [0.2, 0.25) is 0 Å². The molecule has 0 fully saturated rings. The number of hydrogen-bond donors (Lipinski definition) is 2. The van der Waals surface area contributed by atoms with Crippen LogP contribution in [0.4, 0.5) is 17.6 Å². The summed E-state index contributed by atoms with van der Waals surface area (Å²) >= 11 is 3.53. The number of H-pyrrole nitrogens is 2. The van der Waals surface area contributed by atoms with Gasteiger partial charge in [0, 0.05) is 34.5 Å². The molecular weight excluding hydrogens is 554 g/mol. The van der Waals surface area contributed by atoms with Crippen molar-refractivity contribution in [3.8, 4) is 28.6 Å². The zero-order valence-electron chi connectivity index (χ0n) is 19.3. The number of ether oxygens (including phenoxy) is 2. The van der Waals surface area contributed by atoms with Gasteiger partial charge >= 0.3 is 0 Å². The number of benzene rings is 3. The van der Waals surface area contributed by atoms with Gasteiger partial charge in [0.05, 0.1) is 22.2 Å². The summed E-state index contributed by atoms with van der Waals surface area (Å²) in [5.74, 6) is -4.52. The summed E-state index contributed by atoms with van der Waals surface area (Å²) in [5, 5.41) is -0.163. The first kappa shape index (κ1) is 23.6. The normalized spacial score (nSPS) is 17.0. The number of nitrogens with zero attached hydrogens (tertiary/aromatic N) is 1. The van der Waals surface area contributed by atoms with Gasteiger partial charge in [-0.15, -0.1) is 0 Å². The maximum atomic E-state index is 14.9. The van der Waals surface area contributed by atoms with Crippen LogP contribution in [0.3, 0.4) is 0 Å². The molecule has 3 aromatic carbocycles. The van der Waals surface area contributed by atoms with Gasteiger partial charge in [-0.1, -0.05) is 12.1 Å². The predicted octanol–water partition coefficient (Wildman–Crippen LogP) is 7.76. The molecule has 0 unspecified atom stereocenters. The summed E-state index contributed by atoms with van der Waals surface area (Å²) in [6.45, 7) is 2.53. The molecule has 3 heterocycles. The van der Waals surface area contributed by atoms with E-state index in [0.29, 0.717) is 13.0 Å².